The number of rotatable bonds is 6. The van der Waals surface area contributed by atoms with Gasteiger partial charge in [-0.25, -0.2) is 18.0 Å². The second-order valence-electron chi connectivity index (χ2n) is 11.4. The summed E-state index contributed by atoms with van der Waals surface area (Å²) in [6, 6.07) is 2.81. The van der Waals surface area contributed by atoms with Gasteiger partial charge in [0.1, 0.15) is 11.5 Å². The van der Waals surface area contributed by atoms with Crippen molar-refractivity contribution >= 4 is 21.8 Å². The van der Waals surface area contributed by atoms with Gasteiger partial charge in [-0.2, -0.15) is 0 Å². The molecule has 9 heteroatoms. The average molecular weight is 495 g/mol. The molecule has 4 rings (SSSR count). The van der Waals surface area contributed by atoms with E-state index in [1.165, 1.54) is 12.1 Å². The molecule has 0 bridgehead atoms. The van der Waals surface area contributed by atoms with Crippen molar-refractivity contribution in [3.63, 3.8) is 0 Å². The highest BCUT2D eigenvalue weighted by Crippen LogP contribution is 2.67. The molecule has 0 amide bonds. The molecule has 34 heavy (non-hydrogen) atoms. The summed E-state index contributed by atoms with van der Waals surface area (Å²) in [6.07, 6.45) is 4.84. The molecule has 2 aliphatic carbocycles. The number of ether oxygens (including phenoxy) is 2. The summed E-state index contributed by atoms with van der Waals surface area (Å²) >= 11 is 0. The first-order valence-corrected chi connectivity index (χ1v) is 13.5. The molecule has 1 heterocycles. The minimum Gasteiger partial charge on any atom is -0.482 e. The predicted octanol–water partition coefficient (Wildman–Crippen LogP) is 3.90. The Morgan fingerprint density at radius 3 is 2.26 bits per heavy atom. The fourth-order valence-electron chi connectivity index (χ4n) is 7.49. The topological polar surface area (TPSA) is 127 Å². The zero-order chi connectivity index (χ0) is 25.1. The zero-order valence-corrected chi connectivity index (χ0v) is 21.0. The van der Waals surface area contributed by atoms with Gasteiger partial charge in [-0.15, -0.1) is 0 Å². The molecule has 8 nitrogen and oxygen atoms in total. The fraction of sp³-hybridized carbons (Fsp3) is 0.680. The van der Waals surface area contributed by atoms with Crippen LogP contribution in [-0.4, -0.2) is 49.5 Å². The van der Waals surface area contributed by atoms with E-state index in [0.29, 0.717) is 11.5 Å². The van der Waals surface area contributed by atoms with E-state index in [9.17, 15) is 23.1 Å². The van der Waals surface area contributed by atoms with E-state index >= 15 is 0 Å². The molecule has 188 valence electrons. The van der Waals surface area contributed by atoms with Crippen LogP contribution in [0.15, 0.2) is 17.0 Å². The number of carbonyl (C=O) groups is 2. The molecule has 2 saturated carbocycles. The predicted molar refractivity (Wildman–Crippen MR) is 124 cm³/mol. The van der Waals surface area contributed by atoms with E-state index in [1.54, 1.807) is 0 Å². The van der Waals surface area contributed by atoms with Crippen LogP contribution in [0.2, 0.25) is 0 Å². The van der Waals surface area contributed by atoms with Crippen molar-refractivity contribution in [3.05, 3.63) is 17.7 Å². The Morgan fingerprint density at radius 1 is 0.971 bits per heavy atom. The van der Waals surface area contributed by atoms with Gasteiger partial charge in [-0.05, 0) is 54.4 Å². The quantitative estimate of drug-likeness (QED) is 0.610. The molecule has 1 aromatic rings. The maximum Gasteiger partial charge on any atom is 0.341 e. The molecule has 0 unspecified atom stereocenters. The molecular weight excluding hydrogens is 460 g/mol. The summed E-state index contributed by atoms with van der Waals surface area (Å²) in [4.78, 5) is 22.3. The Bertz CT molecular complexity index is 1120. The number of carboxylic acids is 2. The van der Waals surface area contributed by atoms with Gasteiger partial charge in [-0.3, -0.25) is 0 Å². The van der Waals surface area contributed by atoms with Crippen molar-refractivity contribution in [3.8, 4) is 11.5 Å². The van der Waals surface area contributed by atoms with E-state index in [2.05, 4.69) is 27.7 Å². The van der Waals surface area contributed by atoms with Crippen LogP contribution in [-0.2, 0) is 24.8 Å². The Hall–Kier alpha value is -2.29. The van der Waals surface area contributed by atoms with Crippen molar-refractivity contribution in [1.29, 1.82) is 0 Å². The minimum absolute atomic E-state index is 0.000332. The van der Waals surface area contributed by atoms with E-state index in [-0.39, 0.29) is 38.9 Å². The second kappa shape index (κ2) is 8.14. The molecule has 2 fully saturated rings. The molecule has 0 radical (unpaired) electrons. The lowest BCUT2D eigenvalue weighted by Gasteiger charge is -2.63. The van der Waals surface area contributed by atoms with Crippen molar-refractivity contribution in [1.82, 2.24) is 0 Å². The maximum atomic E-state index is 13.7. The van der Waals surface area contributed by atoms with E-state index < -0.39 is 40.4 Å². The van der Waals surface area contributed by atoms with Crippen molar-refractivity contribution in [2.45, 2.75) is 70.1 Å². The molecule has 0 spiro atoms. The monoisotopic (exact) mass is 494 g/mol. The summed E-state index contributed by atoms with van der Waals surface area (Å²) in [7, 11) is -3.75. The van der Waals surface area contributed by atoms with Crippen LogP contribution in [0.25, 0.3) is 0 Å². The van der Waals surface area contributed by atoms with Gasteiger partial charge < -0.3 is 19.7 Å². The molecule has 3 aliphatic rings. The smallest absolute Gasteiger partial charge is 0.341 e. The van der Waals surface area contributed by atoms with Crippen molar-refractivity contribution < 1.29 is 37.7 Å². The summed E-state index contributed by atoms with van der Waals surface area (Å²) in [6.45, 7) is 7.62. The summed E-state index contributed by atoms with van der Waals surface area (Å²) in [5, 5.41) is 18.2. The molecule has 4 atom stereocenters. The highest BCUT2D eigenvalue weighted by molar-refractivity contribution is 7.91. The summed E-state index contributed by atoms with van der Waals surface area (Å²) < 4.78 is 38.3. The van der Waals surface area contributed by atoms with Crippen LogP contribution < -0.4 is 9.47 Å². The lowest BCUT2D eigenvalue weighted by molar-refractivity contribution is -0.140. The molecule has 0 aromatic heterocycles. The second-order valence-corrected chi connectivity index (χ2v) is 13.4. The highest BCUT2D eigenvalue weighted by atomic mass is 32.2. The van der Waals surface area contributed by atoms with E-state index in [4.69, 9.17) is 14.6 Å². The van der Waals surface area contributed by atoms with Crippen LogP contribution in [0.3, 0.4) is 0 Å². The Morgan fingerprint density at radius 2 is 1.62 bits per heavy atom. The average Bonchev–Trinajstić information content (AvgIpc) is 2.71. The number of hydrogen-bond donors (Lipinski definition) is 2. The van der Waals surface area contributed by atoms with Crippen LogP contribution in [0.1, 0.15) is 65.4 Å². The third-order valence-electron chi connectivity index (χ3n) is 8.84. The molecular formula is C25H34O8S. The van der Waals surface area contributed by atoms with E-state index in [0.717, 1.165) is 32.1 Å². The normalized spacial score (nSPS) is 33.1. The molecule has 0 saturated heterocycles. The first kappa shape index (κ1) is 24.8. The van der Waals surface area contributed by atoms with Gasteiger partial charge in [0.25, 0.3) is 0 Å². The van der Waals surface area contributed by atoms with Crippen molar-refractivity contribution in [2.24, 2.45) is 22.7 Å². The summed E-state index contributed by atoms with van der Waals surface area (Å²) in [5.41, 5.74) is -0.0773. The number of sulfone groups is 1. The van der Waals surface area contributed by atoms with Gasteiger partial charge in [-0.1, -0.05) is 34.1 Å². The van der Waals surface area contributed by atoms with Crippen molar-refractivity contribution in [2.75, 3.05) is 19.0 Å². The Balaban J connectivity index is 1.89. The van der Waals surface area contributed by atoms with Gasteiger partial charge >= 0.3 is 11.9 Å². The molecule has 1 aromatic carbocycles. The Labute approximate surface area is 200 Å². The number of hydrogen-bond acceptors (Lipinski definition) is 6. The van der Waals surface area contributed by atoms with Crippen LogP contribution in [0.4, 0.5) is 0 Å². The van der Waals surface area contributed by atoms with Gasteiger partial charge in [0, 0.05) is 17.0 Å². The highest BCUT2D eigenvalue weighted by Gasteiger charge is 2.62. The molecule has 2 N–H and O–H groups in total. The van der Waals surface area contributed by atoms with Gasteiger partial charge in [0.05, 0.1) is 10.6 Å². The van der Waals surface area contributed by atoms with Crippen LogP contribution in [0.5, 0.6) is 11.5 Å². The van der Waals surface area contributed by atoms with Crippen LogP contribution in [0, 0.1) is 22.7 Å². The molecule has 1 aliphatic heterocycles. The third kappa shape index (κ3) is 3.95. The number of fused-ring (bicyclic) bond motifs is 5. The van der Waals surface area contributed by atoms with Gasteiger partial charge in [0.2, 0.25) is 0 Å². The lowest BCUT2D eigenvalue weighted by Crippen LogP contribution is -2.60. The lowest BCUT2D eigenvalue weighted by atomic mass is 9.43. The minimum atomic E-state index is -3.75. The first-order valence-electron chi connectivity index (χ1n) is 11.8. The number of carboxylic acid groups (broad SMARTS) is 2. The maximum absolute atomic E-state index is 13.7. The van der Waals surface area contributed by atoms with E-state index in [1.807, 2.05) is 0 Å². The zero-order valence-electron chi connectivity index (χ0n) is 20.2. The first-order chi connectivity index (χ1) is 15.7. The van der Waals surface area contributed by atoms with Gasteiger partial charge in [0.15, 0.2) is 23.1 Å². The largest absolute Gasteiger partial charge is 0.482 e. The SMILES string of the molecule is CC1(C)CCC[C@]2(C)[C@H]3CS(=O)(=O)c4cc(OCC(=O)O)cc(OCC(=O)O)c4[C@]3(C)CC[C@@H]12. The standard InChI is InChI=1S/C25H34O8S/c1-23(2)7-5-8-24(3)18(23)6-9-25(4)19(24)14-34(30,31)17-11-15(32-12-20(26)27)10-16(22(17)25)33-13-21(28)29/h10-11,18-19H,5-9,12-14H2,1-4H3,(H,26,27)(H,28,29)/t18-,19+,24-,25+/m0/s1. The van der Waals surface area contributed by atoms with Crippen LogP contribution >= 0.6 is 0 Å². The number of benzene rings is 1. The summed E-state index contributed by atoms with van der Waals surface area (Å²) in [5.74, 6) is -1.96. The third-order valence-corrected chi connectivity index (χ3v) is 10.6. The Kier molecular flexibility index (Phi) is 5.94. The fourth-order valence-corrected chi connectivity index (χ4v) is 9.80. The number of aliphatic carboxylic acids is 2.